The minimum Gasteiger partial charge on any atom is -0.350 e. The third kappa shape index (κ3) is 2.35. The van der Waals surface area contributed by atoms with Crippen LogP contribution in [0.3, 0.4) is 0 Å². The van der Waals surface area contributed by atoms with E-state index in [1.807, 2.05) is 0 Å². The summed E-state index contributed by atoms with van der Waals surface area (Å²) in [5, 5.41) is 0. The SMILES string of the molecule is OP(O)Cc1ccncn1. The summed E-state index contributed by atoms with van der Waals surface area (Å²) >= 11 is 0. The molecule has 10 heavy (non-hydrogen) atoms. The Morgan fingerprint density at radius 3 is 2.80 bits per heavy atom. The average molecular weight is 158 g/mol. The van der Waals surface area contributed by atoms with E-state index in [9.17, 15) is 0 Å². The zero-order valence-corrected chi connectivity index (χ0v) is 6.07. The van der Waals surface area contributed by atoms with Crippen LogP contribution in [0.15, 0.2) is 18.6 Å². The van der Waals surface area contributed by atoms with E-state index in [0.717, 1.165) is 0 Å². The molecule has 1 rings (SSSR count). The third-order valence-corrected chi connectivity index (χ3v) is 1.55. The lowest BCUT2D eigenvalue weighted by Gasteiger charge is -1.98. The smallest absolute Gasteiger partial charge is 0.171 e. The number of nitrogens with zero attached hydrogens (tertiary/aromatic N) is 2. The van der Waals surface area contributed by atoms with E-state index >= 15 is 0 Å². The molecule has 0 saturated heterocycles. The highest BCUT2D eigenvalue weighted by Crippen LogP contribution is 2.27. The van der Waals surface area contributed by atoms with Gasteiger partial charge in [0.15, 0.2) is 8.38 Å². The van der Waals surface area contributed by atoms with Crippen molar-refractivity contribution in [3.8, 4) is 0 Å². The molecule has 0 spiro atoms. The zero-order chi connectivity index (χ0) is 7.40. The van der Waals surface area contributed by atoms with Gasteiger partial charge in [0.25, 0.3) is 0 Å². The predicted molar refractivity (Wildman–Crippen MR) is 37.1 cm³/mol. The highest BCUT2D eigenvalue weighted by atomic mass is 31.2. The van der Waals surface area contributed by atoms with Crippen molar-refractivity contribution < 1.29 is 9.79 Å². The first-order valence-electron chi connectivity index (χ1n) is 2.69. The Balaban J connectivity index is 2.59. The van der Waals surface area contributed by atoms with Crippen LogP contribution in [0.4, 0.5) is 0 Å². The summed E-state index contributed by atoms with van der Waals surface area (Å²) < 4.78 is 0. The Bertz CT molecular complexity index is 192. The molecule has 0 aliphatic rings. The molecule has 0 bridgehead atoms. The maximum Gasteiger partial charge on any atom is 0.171 e. The lowest BCUT2D eigenvalue weighted by atomic mass is 10.5. The molecular weight excluding hydrogens is 151 g/mol. The molecule has 0 saturated carbocycles. The van der Waals surface area contributed by atoms with E-state index in [4.69, 9.17) is 9.79 Å². The minimum absolute atomic E-state index is 0.220. The molecule has 5 heteroatoms. The second-order valence-electron chi connectivity index (χ2n) is 1.73. The minimum atomic E-state index is -1.87. The second-order valence-corrected chi connectivity index (χ2v) is 2.79. The van der Waals surface area contributed by atoms with Crippen LogP contribution in [0.5, 0.6) is 0 Å². The van der Waals surface area contributed by atoms with Gasteiger partial charge in [0.05, 0.1) is 11.9 Å². The normalized spacial score (nSPS) is 10.3. The Morgan fingerprint density at radius 1 is 1.50 bits per heavy atom. The molecule has 0 aromatic carbocycles. The largest absolute Gasteiger partial charge is 0.350 e. The monoisotopic (exact) mass is 158 g/mol. The van der Waals surface area contributed by atoms with Gasteiger partial charge >= 0.3 is 0 Å². The lowest BCUT2D eigenvalue weighted by Crippen LogP contribution is -1.87. The summed E-state index contributed by atoms with van der Waals surface area (Å²) in [7, 11) is -1.87. The van der Waals surface area contributed by atoms with Gasteiger partial charge in [0, 0.05) is 6.20 Å². The lowest BCUT2D eigenvalue weighted by molar-refractivity contribution is 0.481. The first kappa shape index (κ1) is 7.54. The fraction of sp³-hybridized carbons (Fsp3) is 0.200. The molecule has 54 valence electrons. The van der Waals surface area contributed by atoms with Crippen molar-refractivity contribution in [1.82, 2.24) is 9.97 Å². The van der Waals surface area contributed by atoms with Gasteiger partial charge in [-0.05, 0) is 6.07 Å². The summed E-state index contributed by atoms with van der Waals surface area (Å²) in [6.07, 6.45) is 3.17. The Hall–Kier alpha value is -0.570. The average Bonchev–Trinajstić information content (AvgIpc) is 1.88. The highest BCUT2D eigenvalue weighted by Gasteiger charge is 2.00. The van der Waals surface area contributed by atoms with E-state index in [0.29, 0.717) is 5.69 Å². The van der Waals surface area contributed by atoms with Crippen LogP contribution in [0.25, 0.3) is 0 Å². The molecule has 0 radical (unpaired) electrons. The van der Waals surface area contributed by atoms with Crippen LogP contribution >= 0.6 is 8.38 Å². The summed E-state index contributed by atoms with van der Waals surface area (Å²) in [5.41, 5.74) is 0.658. The molecule has 0 amide bonds. The van der Waals surface area contributed by atoms with Crippen molar-refractivity contribution in [3.63, 3.8) is 0 Å². The van der Waals surface area contributed by atoms with Gasteiger partial charge in [-0.2, -0.15) is 0 Å². The fourth-order valence-electron chi connectivity index (χ4n) is 0.557. The van der Waals surface area contributed by atoms with Crippen LogP contribution in [-0.2, 0) is 6.16 Å². The topological polar surface area (TPSA) is 66.2 Å². The van der Waals surface area contributed by atoms with Crippen LogP contribution in [-0.4, -0.2) is 19.8 Å². The highest BCUT2D eigenvalue weighted by molar-refractivity contribution is 7.44. The maximum absolute atomic E-state index is 8.57. The molecule has 0 fully saturated rings. The van der Waals surface area contributed by atoms with E-state index in [2.05, 4.69) is 9.97 Å². The van der Waals surface area contributed by atoms with Crippen molar-refractivity contribution >= 4 is 8.38 Å². The Labute approximate surface area is 59.5 Å². The molecular formula is C5H7N2O2P. The van der Waals surface area contributed by atoms with Crippen molar-refractivity contribution in [2.45, 2.75) is 6.16 Å². The zero-order valence-electron chi connectivity index (χ0n) is 5.18. The Morgan fingerprint density at radius 2 is 2.30 bits per heavy atom. The van der Waals surface area contributed by atoms with Crippen LogP contribution < -0.4 is 0 Å². The van der Waals surface area contributed by atoms with E-state index in [-0.39, 0.29) is 6.16 Å². The second kappa shape index (κ2) is 3.56. The van der Waals surface area contributed by atoms with E-state index in [1.54, 1.807) is 12.3 Å². The molecule has 1 heterocycles. The van der Waals surface area contributed by atoms with Gasteiger partial charge in [-0.3, -0.25) is 0 Å². The van der Waals surface area contributed by atoms with Crippen LogP contribution in [0.1, 0.15) is 5.69 Å². The maximum atomic E-state index is 8.57. The van der Waals surface area contributed by atoms with Crippen LogP contribution in [0, 0.1) is 0 Å². The molecule has 0 aliphatic carbocycles. The van der Waals surface area contributed by atoms with Crippen molar-refractivity contribution in [1.29, 1.82) is 0 Å². The van der Waals surface area contributed by atoms with Gasteiger partial charge in [-0.15, -0.1) is 0 Å². The van der Waals surface area contributed by atoms with Gasteiger partial charge in [-0.25, -0.2) is 9.97 Å². The molecule has 1 aromatic rings. The van der Waals surface area contributed by atoms with E-state index < -0.39 is 8.38 Å². The third-order valence-electron chi connectivity index (χ3n) is 0.947. The molecule has 2 N–H and O–H groups in total. The Kier molecular flexibility index (Phi) is 2.68. The number of rotatable bonds is 2. The number of hydrogen-bond acceptors (Lipinski definition) is 4. The van der Waals surface area contributed by atoms with Crippen molar-refractivity contribution in [2.75, 3.05) is 0 Å². The van der Waals surface area contributed by atoms with Crippen molar-refractivity contribution in [2.24, 2.45) is 0 Å². The number of hydrogen-bond donors (Lipinski definition) is 2. The van der Waals surface area contributed by atoms with E-state index in [1.165, 1.54) is 6.33 Å². The first-order valence-corrected chi connectivity index (χ1v) is 4.12. The molecule has 4 nitrogen and oxygen atoms in total. The van der Waals surface area contributed by atoms with Crippen LogP contribution in [0.2, 0.25) is 0 Å². The summed E-state index contributed by atoms with van der Waals surface area (Å²) in [6.45, 7) is 0. The molecule has 0 unspecified atom stereocenters. The first-order chi connectivity index (χ1) is 4.79. The van der Waals surface area contributed by atoms with Gasteiger partial charge < -0.3 is 9.79 Å². The van der Waals surface area contributed by atoms with Gasteiger partial charge in [0.1, 0.15) is 6.33 Å². The predicted octanol–water partition coefficient (Wildman–Crippen LogP) is 0.273. The molecule has 0 aliphatic heterocycles. The number of aromatic nitrogens is 2. The van der Waals surface area contributed by atoms with Gasteiger partial charge in [0.2, 0.25) is 0 Å². The fourth-order valence-corrected chi connectivity index (χ4v) is 1.03. The summed E-state index contributed by atoms with van der Waals surface area (Å²) in [4.78, 5) is 24.6. The summed E-state index contributed by atoms with van der Waals surface area (Å²) in [5.74, 6) is 0. The quantitative estimate of drug-likeness (QED) is 0.606. The summed E-state index contributed by atoms with van der Waals surface area (Å²) in [6, 6.07) is 1.65. The molecule has 1 aromatic heterocycles. The molecule has 0 atom stereocenters. The standard InChI is InChI=1S/C5H7N2O2P/c8-10(9)3-5-1-2-6-4-7-5/h1-2,4,8-9H,3H2. The van der Waals surface area contributed by atoms with Crippen molar-refractivity contribution in [3.05, 3.63) is 24.3 Å². The van der Waals surface area contributed by atoms with Gasteiger partial charge in [-0.1, -0.05) is 0 Å².